The van der Waals surface area contributed by atoms with E-state index in [0.717, 1.165) is 27.4 Å². The molecule has 0 atom stereocenters. The fraction of sp³-hybridized carbons (Fsp3) is 0.0357. The molecule has 0 aromatic heterocycles. The van der Waals surface area contributed by atoms with Crippen LogP contribution in [0.2, 0.25) is 10.0 Å². The molecule has 5 nitrogen and oxygen atoms in total. The first-order valence-corrected chi connectivity index (χ1v) is 13.4. The van der Waals surface area contributed by atoms with Crippen molar-refractivity contribution in [3.63, 3.8) is 0 Å². The summed E-state index contributed by atoms with van der Waals surface area (Å²) in [5.41, 5.74) is 1.62. The van der Waals surface area contributed by atoms with Gasteiger partial charge in [0.2, 0.25) is 0 Å². The van der Waals surface area contributed by atoms with Gasteiger partial charge in [-0.2, -0.15) is 0 Å². The van der Waals surface area contributed by atoms with Crippen LogP contribution in [-0.4, -0.2) is 22.0 Å². The predicted molar refractivity (Wildman–Crippen MR) is 151 cm³/mol. The molecular weight excluding hydrogens is 597 g/mol. The molecule has 1 saturated heterocycles. The van der Waals surface area contributed by atoms with Crippen LogP contribution < -0.4 is 4.74 Å². The van der Waals surface area contributed by atoms with Gasteiger partial charge in [0.15, 0.2) is 0 Å². The van der Waals surface area contributed by atoms with E-state index in [1.807, 2.05) is 36.4 Å². The second-order valence-electron chi connectivity index (χ2n) is 8.07. The van der Waals surface area contributed by atoms with Crippen LogP contribution in [0.3, 0.4) is 0 Å². The standard InChI is InChI=1S/C28H16BrCl2NO4S/c29-21-13-16(11-12-24(21)36-27(34)19-8-3-6-17-5-1-2-7-18(17)19)14-25-26(33)32(28(35)37-25)15-20-22(30)9-4-10-23(20)31/h1-14H,15H2/b25-14-. The second kappa shape index (κ2) is 10.7. The van der Waals surface area contributed by atoms with Crippen LogP contribution in [0.5, 0.6) is 5.75 Å². The third-order valence-electron chi connectivity index (χ3n) is 5.72. The molecule has 1 aliphatic heterocycles. The second-order valence-corrected chi connectivity index (χ2v) is 10.7. The zero-order valence-corrected chi connectivity index (χ0v) is 22.8. The number of hydrogen-bond donors (Lipinski definition) is 0. The van der Waals surface area contributed by atoms with Crippen molar-refractivity contribution < 1.29 is 19.1 Å². The molecule has 1 fully saturated rings. The van der Waals surface area contributed by atoms with E-state index >= 15 is 0 Å². The molecule has 2 amide bonds. The smallest absolute Gasteiger partial charge is 0.344 e. The summed E-state index contributed by atoms with van der Waals surface area (Å²) in [5, 5.41) is 2.10. The first-order valence-electron chi connectivity index (χ1n) is 11.0. The number of carbonyl (C=O) groups is 3. The lowest BCUT2D eigenvalue weighted by molar-refractivity contribution is -0.123. The van der Waals surface area contributed by atoms with Crippen molar-refractivity contribution in [2.75, 3.05) is 0 Å². The molecule has 1 aliphatic rings. The lowest BCUT2D eigenvalue weighted by atomic mass is 10.0. The lowest BCUT2D eigenvalue weighted by Gasteiger charge is -2.14. The van der Waals surface area contributed by atoms with Crippen LogP contribution in [0.1, 0.15) is 21.5 Å². The van der Waals surface area contributed by atoms with Gasteiger partial charge < -0.3 is 4.74 Å². The Morgan fingerprint density at radius 2 is 1.65 bits per heavy atom. The van der Waals surface area contributed by atoms with Gasteiger partial charge >= 0.3 is 5.97 Å². The highest BCUT2D eigenvalue weighted by atomic mass is 79.9. The summed E-state index contributed by atoms with van der Waals surface area (Å²) in [6, 6.07) is 23.1. The summed E-state index contributed by atoms with van der Waals surface area (Å²) in [7, 11) is 0. The maximum Gasteiger partial charge on any atom is 0.344 e. The quantitative estimate of drug-likeness (QED) is 0.129. The normalized spacial score (nSPS) is 14.6. The van der Waals surface area contributed by atoms with Gasteiger partial charge in [0.05, 0.1) is 21.5 Å². The van der Waals surface area contributed by atoms with Crippen molar-refractivity contribution in [2.45, 2.75) is 6.54 Å². The van der Waals surface area contributed by atoms with Gasteiger partial charge in [-0.3, -0.25) is 14.5 Å². The first-order chi connectivity index (χ1) is 17.8. The average Bonchev–Trinajstić information content (AvgIpc) is 3.14. The molecule has 0 aliphatic carbocycles. The molecular formula is C28H16BrCl2NO4S. The Morgan fingerprint density at radius 3 is 2.41 bits per heavy atom. The summed E-state index contributed by atoms with van der Waals surface area (Å²) in [6.45, 7) is -0.0206. The van der Waals surface area contributed by atoms with Gasteiger partial charge in [-0.15, -0.1) is 0 Å². The number of rotatable bonds is 5. The zero-order valence-electron chi connectivity index (χ0n) is 18.9. The summed E-state index contributed by atoms with van der Waals surface area (Å²) >= 11 is 16.7. The van der Waals surface area contributed by atoms with Gasteiger partial charge in [0, 0.05) is 15.6 Å². The highest BCUT2D eigenvalue weighted by Crippen LogP contribution is 2.36. The highest BCUT2D eigenvalue weighted by Gasteiger charge is 2.35. The van der Waals surface area contributed by atoms with Gasteiger partial charge in [0.25, 0.3) is 11.1 Å². The Morgan fingerprint density at radius 1 is 0.946 bits per heavy atom. The number of thioether (sulfide) groups is 1. The molecule has 184 valence electrons. The Labute approximate surface area is 235 Å². The van der Waals surface area contributed by atoms with Crippen molar-refractivity contribution in [3.05, 3.63) is 115 Å². The number of halogens is 3. The summed E-state index contributed by atoms with van der Waals surface area (Å²) < 4.78 is 6.17. The summed E-state index contributed by atoms with van der Waals surface area (Å²) in [5.74, 6) is -0.588. The number of imide groups is 1. The van der Waals surface area contributed by atoms with E-state index in [1.165, 1.54) is 0 Å². The Balaban J connectivity index is 1.34. The van der Waals surface area contributed by atoms with E-state index in [1.54, 1.807) is 48.5 Å². The van der Waals surface area contributed by atoms with Crippen molar-refractivity contribution in [1.82, 2.24) is 4.90 Å². The van der Waals surface area contributed by atoms with Crippen LogP contribution >= 0.6 is 50.9 Å². The summed E-state index contributed by atoms with van der Waals surface area (Å²) in [6.07, 6.45) is 1.61. The van der Waals surface area contributed by atoms with Crippen LogP contribution in [-0.2, 0) is 11.3 Å². The largest absolute Gasteiger partial charge is 0.422 e. The van der Waals surface area contributed by atoms with E-state index < -0.39 is 17.1 Å². The van der Waals surface area contributed by atoms with E-state index in [0.29, 0.717) is 37.0 Å². The Hall–Kier alpha value is -3.10. The fourth-order valence-electron chi connectivity index (χ4n) is 3.88. The van der Waals surface area contributed by atoms with E-state index in [2.05, 4.69) is 15.9 Å². The van der Waals surface area contributed by atoms with E-state index in [9.17, 15) is 14.4 Å². The molecule has 37 heavy (non-hydrogen) atoms. The van der Waals surface area contributed by atoms with Gasteiger partial charge in [-0.1, -0.05) is 71.7 Å². The van der Waals surface area contributed by atoms with Crippen molar-refractivity contribution in [2.24, 2.45) is 0 Å². The molecule has 0 saturated carbocycles. The summed E-state index contributed by atoms with van der Waals surface area (Å²) in [4.78, 5) is 39.8. The number of nitrogens with zero attached hydrogens (tertiary/aromatic N) is 1. The van der Waals surface area contributed by atoms with Crippen molar-refractivity contribution >= 4 is 84.9 Å². The average molecular weight is 613 g/mol. The fourth-order valence-corrected chi connectivity index (χ4v) is 5.71. The number of ether oxygens (including phenoxy) is 1. The highest BCUT2D eigenvalue weighted by molar-refractivity contribution is 9.10. The Bertz CT molecular complexity index is 1600. The number of fused-ring (bicyclic) bond motifs is 1. The lowest BCUT2D eigenvalue weighted by Crippen LogP contribution is -2.27. The SMILES string of the molecule is O=C(Oc1ccc(/C=C2\SC(=O)N(Cc3c(Cl)cccc3Cl)C2=O)cc1Br)c1cccc2ccccc12. The van der Waals surface area contributed by atoms with Gasteiger partial charge in [-0.25, -0.2) is 4.79 Å². The molecule has 0 spiro atoms. The number of amides is 2. The van der Waals surface area contributed by atoms with Crippen LogP contribution in [0.4, 0.5) is 4.79 Å². The third kappa shape index (κ3) is 5.31. The van der Waals surface area contributed by atoms with Crippen LogP contribution in [0.25, 0.3) is 16.8 Å². The molecule has 5 rings (SSSR count). The van der Waals surface area contributed by atoms with Crippen LogP contribution in [0, 0.1) is 0 Å². The van der Waals surface area contributed by atoms with E-state index in [4.69, 9.17) is 27.9 Å². The molecule has 9 heteroatoms. The number of carbonyl (C=O) groups excluding carboxylic acids is 3. The van der Waals surface area contributed by atoms with Crippen molar-refractivity contribution in [3.8, 4) is 5.75 Å². The maximum atomic E-state index is 13.0. The zero-order chi connectivity index (χ0) is 26.1. The van der Waals surface area contributed by atoms with Gasteiger partial charge in [0.1, 0.15) is 5.75 Å². The first kappa shape index (κ1) is 25.5. The molecule has 0 unspecified atom stereocenters. The van der Waals surface area contributed by atoms with Crippen LogP contribution in [0.15, 0.2) is 88.2 Å². The Kier molecular flexibility index (Phi) is 7.40. The topological polar surface area (TPSA) is 63.7 Å². The minimum Gasteiger partial charge on any atom is -0.422 e. The molecule has 4 aromatic rings. The van der Waals surface area contributed by atoms with Gasteiger partial charge in [-0.05, 0) is 80.4 Å². The molecule has 0 N–H and O–H groups in total. The molecule has 4 aromatic carbocycles. The van der Waals surface area contributed by atoms with E-state index in [-0.39, 0.29) is 11.4 Å². The predicted octanol–water partition coefficient (Wildman–Crippen LogP) is 8.36. The third-order valence-corrected chi connectivity index (χ3v) is 7.95. The molecule has 1 heterocycles. The number of esters is 1. The van der Waals surface area contributed by atoms with Crippen molar-refractivity contribution in [1.29, 1.82) is 0 Å². The minimum atomic E-state index is -0.482. The maximum absolute atomic E-state index is 13.0. The molecule has 0 bridgehead atoms. The molecule has 0 radical (unpaired) electrons. The minimum absolute atomic E-state index is 0.0206. The number of benzene rings is 4. The monoisotopic (exact) mass is 611 g/mol. The number of hydrogen-bond acceptors (Lipinski definition) is 5.